The summed E-state index contributed by atoms with van der Waals surface area (Å²) in [6.07, 6.45) is 1.93. The highest BCUT2D eigenvalue weighted by Gasteiger charge is 2.61. The van der Waals surface area contributed by atoms with Gasteiger partial charge >= 0.3 is 12.0 Å². The van der Waals surface area contributed by atoms with E-state index in [1.165, 1.54) is 0 Å². The lowest BCUT2D eigenvalue weighted by Gasteiger charge is -2.19. The van der Waals surface area contributed by atoms with Crippen LogP contribution < -0.4 is 10.7 Å². The van der Waals surface area contributed by atoms with Crippen LogP contribution >= 0.6 is 0 Å². The van der Waals surface area contributed by atoms with E-state index >= 15 is 0 Å². The molecule has 18 heavy (non-hydrogen) atoms. The van der Waals surface area contributed by atoms with E-state index in [0.717, 1.165) is 5.57 Å². The molecule has 0 aromatic rings. The summed E-state index contributed by atoms with van der Waals surface area (Å²) in [7, 11) is 0. The molecule has 0 saturated heterocycles. The summed E-state index contributed by atoms with van der Waals surface area (Å²) in [6, 6.07) is 2.33. The highest BCUT2D eigenvalue weighted by atomic mass is 16.7. The van der Waals surface area contributed by atoms with Crippen molar-refractivity contribution in [2.75, 3.05) is 0 Å². The first-order valence-corrected chi connectivity index (χ1v) is 6.18. The maximum atomic E-state index is 12.0. The van der Waals surface area contributed by atoms with Crippen LogP contribution in [0.15, 0.2) is 11.6 Å². The number of allylic oxidation sites excluding steroid dienone is 2. The molecule has 1 rings (SSSR count). The number of rotatable bonds is 3. The van der Waals surface area contributed by atoms with E-state index in [1.807, 2.05) is 47.6 Å². The molecular weight excluding hydrogens is 228 g/mol. The van der Waals surface area contributed by atoms with E-state index in [4.69, 9.17) is 10.1 Å². The topological polar surface area (TPSA) is 62.1 Å². The SMILES string of the molecule is C/C(C#[NH+])=C/[C@@H]1[C@@H](C(=O)ONC(C)(C)C)C1(C)C. The number of hydroxylamine groups is 1. The third-order valence-corrected chi connectivity index (χ3v) is 3.25. The highest BCUT2D eigenvalue weighted by molar-refractivity contribution is 5.78. The molecule has 4 heteroatoms. The molecule has 1 fully saturated rings. The molecule has 0 bridgehead atoms. The molecule has 0 spiro atoms. The third-order valence-electron chi connectivity index (χ3n) is 3.25. The summed E-state index contributed by atoms with van der Waals surface area (Å²) in [4.78, 5) is 17.1. The first-order valence-electron chi connectivity index (χ1n) is 6.18. The standard InChI is InChI=1S/C14H22N2O2/c1-9(8-15)7-10-11(14(10,5)6)12(17)18-16-13(2,3)4/h7,10-11,16H,1-6H3/p+1/b9-7-/t10-,11+/m1/s1. The Labute approximate surface area is 109 Å². The van der Waals surface area contributed by atoms with Crippen molar-refractivity contribution in [2.45, 2.75) is 47.1 Å². The lowest BCUT2D eigenvalue weighted by atomic mass is 10.1. The molecule has 2 N–H and O–H groups in total. The molecule has 0 radical (unpaired) electrons. The highest BCUT2D eigenvalue weighted by Crippen LogP contribution is 2.59. The molecule has 0 aromatic heterocycles. The predicted molar refractivity (Wildman–Crippen MR) is 68.3 cm³/mol. The largest absolute Gasteiger partial charge is 0.370 e. The van der Waals surface area contributed by atoms with Gasteiger partial charge in [0.1, 0.15) is 0 Å². The Bertz CT molecular complexity index is 410. The van der Waals surface area contributed by atoms with Gasteiger partial charge in [0, 0.05) is 5.54 Å². The van der Waals surface area contributed by atoms with Crippen molar-refractivity contribution in [3.05, 3.63) is 11.6 Å². The minimum Gasteiger partial charge on any atom is -0.370 e. The fourth-order valence-corrected chi connectivity index (χ4v) is 2.02. The van der Waals surface area contributed by atoms with Crippen molar-refractivity contribution in [3.8, 4) is 6.07 Å². The van der Waals surface area contributed by atoms with E-state index in [0.29, 0.717) is 0 Å². The normalized spacial score (nSPS) is 26.4. The van der Waals surface area contributed by atoms with Gasteiger partial charge in [-0.3, -0.25) is 4.79 Å². The minimum absolute atomic E-state index is 0.102. The molecular formula is C14H23N2O2+. The molecule has 2 atom stereocenters. The Balaban J connectivity index is 2.64. The van der Waals surface area contributed by atoms with Crippen molar-refractivity contribution in [1.29, 1.82) is 0 Å². The van der Waals surface area contributed by atoms with Gasteiger partial charge in [-0.1, -0.05) is 25.2 Å². The zero-order chi connectivity index (χ0) is 14.1. The molecule has 0 unspecified atom stereocenters. The number of hydrogen-bond acceptors (Lipinski definition) is 3. The quantitative estimate of drug-likeness (QED) is 0.577. The molecule has 0 heterocycles. The lowest BCUT2D eigenvalue weighted by Crippen LogP contribution is -2.38. The Morgan fingerprint density at radius 1 is 1.44 bits per heavy atom. The van der Waals surface area contributed by atoms with Gasteiger partial charge in [0.15, 0.2) is 0 Å². The zero-order valence-electron chi connectivity index (χ0n) is 12.0. The van der Waals surface area contributed by atoms with E-state index in [1.54, 1.807) is 0 Å². The summed E-state index contributed by atoms with van der Waals surface area (Å²) in [5.41, 5.74) is 3.15. The smallest absolute Gasteiger partial charge is 0.328 e. The Morgan fingerprint density at radius 3 is 2.44 bits per heavy atom. The minimum atomic E-state index is -0.251. The van der Waals surface area contributed by atoms with Crippen LogP contribution in [0, 0.1) is 23.3 Å². The van der Waals surface area contributed by atoms with E-state index in [9.17, 15) is 4.79 Å². The second kappa shape index (κ2) is 4.74. The van der Waals surface area contributed by atoms with Crippen LogP contribution in [0.2, 0.25) is 0 Å². The van der Waals surface area contributed by atoms with Crippen LogP contribution in [0.25, 0.3) is 0 Å². The summed E-state index contributed by atoms with van der Waals surface area (Å²) in [5, 5.41) is 7.05. The molecule has 4 nitrogen and oxygen atoms in total. The summed E-state index contributed by atoms with van der Waals surface area (Å²) < 4.78 is 0. The monoisotopic (exact) mass is 251 g/mol. The van der Waals surface area contributed by atoms with Gasteiger partial charge < -0.3 is 4.84 Å². The summed E-state index contributed by atoms with van der Waals surface area (Å²) in [5.74, 6) is -0.241. The average Bonchev–Trinajstić information content (AvgIpc) is 2.76. The Hall–Kier alpha value is -1.34. The van der Waals surface area contributed by atoms with Gasteiger partial charge in [-0.15, -0.1) is 5.48 Å². The van der Waals surface area contributed by atoms with Crippen molar-refractivity contribution in [1.82, 2.24) is 5.48 Å². The molecule has 1 aliphatic rings. The number of carbonyl (C=O) groups excluding carboxylic acids is 1. The van der Waals surface area contributed by atoms with Crippen LogP contribution in [-0.4, -0.2) is 11.5 Å². The Kier molecular flexibility index (Phi) is 3.87. The van der Waals surface area contributed by atoms with Gasteiger partial charge in [-0.25, -0.2) is 0 Å². The van der Waals surface area contributed by atoms with Crippen LogP contribution in [-0.2, 0) is 9.63 Å². The van der Waals surface area contributed by atoms with Crippen molar-refractivity contribution in [2.24, 2.45) is 17.3 Å². The maximum absolute atomic E-state index is 12.0. The van der Waals surface area contributed by atoms with Crippen LogP contribution in [0.5, 0.6) is 0 Å². The second-order valence-corrected chi connectivity index (χ2v) is 6.57. The van der Waals surface area contributed by atoms with Gasteiger partial charge in [0.2, 0.25) is 0 Å². The number of hydrogen-bond donors (Lipinski definition) is 2. The number of carbonyl (C=O) groups is 1. The molecule has 100 valence electrons. The van der Waals surface area contributed by atoms with E-state index in [2.05, 4.69) is 11.5 Å². The number of nitrogens with one attached hydrogen (secondary N) is 2. The fraction of sp³-hybridized carbons (Fsp3) is 0.714. The van der Waals surface area contributed by atoms with Crippen molar-refractivity contribution in [3.63, 3.8) is 0 Å². The Morgan fingerprint density at radius 2 is 2.00 bits per heavy atom. The predicted octanol–water partition coefficient (Wildman–Crippen LogP) is 0.824. The third kappa shape index (κ3) is 3.33. The van der Waals surface area contributed by atoms with Gasteiger partial charge in [-0.05, 0) is 39.0 Å². The van der Waals surface area contributed by atoms with E-state index in [-0.39, 0.29) is 28.8 Å². The van der Waals surface area contributed by atoms with Crippen LogP contribution in [0.1, 0.15) is 41.5 Å². The van der Waals surface area contributed by atoms with Gasteiger partial charge in [-0.2, -0.15) is 0 Å². The summed E-state index contributed by atoms with van der Waals surface area (Å²) >= 11 is 0. The molecule has 0 amide bonds. The molecule has 1 aliphatic carbocycles. The summed E-state index contributed by atoms with van der Waals surface area (Å²) in [6.45, 7) is 11.7. The molecule has 0 aromatic carbocycles. The second-order valence-electron chi connectivity index (χ2n) is 6.57. The molecule has 1 saturated carbocycles. The maximum Gasteiger partial charge on any atom is 0.328 e. The van der Waals surface area contributed by atoms with E-state index < -0.39 is 0 Å². The van der Waals surface area contributed by atoms with Gasteiger partial charge in [0.25, 0.3) is 0 Å². The van der Waals surface area contributed by atoms with Gasteiger partial charge in [0.05, 0.1) is 11.5 Å². The van der Waals surface area contributed by atoms with Crippen LogP contribution in [0.3, 0.4) is 0 Å². The van der Waals surface area contributed by atoms with Crippen LogP contribution in [0.4, 0.5) is 0 Å². The average molecular weight is 251 g/mol. The fourth-order valence-electron chi connectivity index (χ4n) is 2.02. The first-order chi connectivity index (χ1) is 8.09. The van der Waals surface area contributed by atoms with Crippen molar-refractivity contribution >= 4 is 5.97 Å². The zero-order valence-corrected chi connectivity index (χ0v) is 12.0. The lowest BCUT2D eigenvalue weighted by molar-refractivity contribution is -0.157. The molecule has 0 aliphatic heterocycles. The van der Waals surface area contributed by atoms with Crippen molar-refractivity contribution < 1.29 is 14.9 Å². The first kappa shape index (κ1) is 14.7.